The van der Waals surface area contributed by atoms with Gasteiger partial charge in [0.15, 0.2) is 0 Å². The van der Waals surface area contributed by atoms with Gasteiger partial charge in [-0.2, -0.15) is 0 Å². The van der Waals surface area contributed by atoms with E-state index in [0.29, 0.717) is 17.9 Å². The standard InChI is InChI=1S/C29H31NO/c1-2-8-21(9-3-1)22-14-16-30(17-15-22)20-25-19-28-26-12-6-4-10-23(26)18-24-11-5-7-13-27(24)29(28)31-25/h1-13,22,25,28-29H,14-20H2/t25?,28-,29-/m1/s1. The van der Waals surface area contributed by atoms with Gasteiger partial charge in [0.1, 0.15) is 0 Å². The molecule has 31 heavy (non-hydrogen) atoms. The number of hydrogen-bond donors (Lipinski definition) is 0. The van der Waals surface area contributed by atoms with Crippen LogP contribution in [0, 0.1) is 0 Å². The molecule has 2 aliphatic heterocycles. The summed E-state index contributed by atoms with van der Waals surface area (Å²) < 4.78 is 6.80. The van der Waals surface area contributed by atoms with Gasteiger partial charge in [-0.15, -0.1) is 0 Å². The van der Waals surface area contributed by atoms with E-state index in [1.54, 1.807) is 0 Å². The quantitative estimate of drug-likeness (QED) is 0.519. The largest absolute Gasteiger partial charge is 0.368 e. The summed E-state index contributed by atoms with van der Waals surface area (Å²) in [5.74, 6) is 1.19. The zero-order valence-electron chi connectivity index (χ0n) is 18.1. The Morgan fingerprint density at radius 1 is 0.742 bits per heavy atom. The van der Waals surface area contributed by atoms with E-state index in [9.17, 15) is 0 Å². The number of hydrogen-bond acceptors (Lipinski definition) is 2. The van der Waals surface area contributed by atoms with Gasteiger partial charge in [-0.05, 0) is 72.5 Å². The van der Waals surface area contributed by atoms with Gasteiger partial charge in [0, 0.05) is 12.5 Å². The van der Waals surface area contributed by atoms with Crippen LogP contribution in [-0.4, -0.2) is 30.6 Å². The van der Waals surface area contributed by atoms with Crippen molar-refractivity contribution in [1.82, 2.24) is 4.90 Å². The Kier molecular flexibility index (Phi) is 5.13. The molecule has 2 heterocycles. The lowest BCUT2D eigenvalue weighted by Gasteiger charge is -2.33. The molecular weight excluding hydrogens is 378 g/mol. The van der Waals surface area contributed by atoms with Crippen molar-refractivity contribution in [2.75, 3.05) is 19.6 Å². The first kappa shape index (κ1) is 19.3. The van der Waals surface area contributed by atoms with Gasteiger partial charge in [-0.25, -0.2) is 0 Å². The van der Waals surface area contributed by atoms with Crippen molar-refractivity contribution >= 4 is 0 Å². The molecule has 0 saturated carbocycles. The first-order valence-corrected chi connectivity index (χ1v) is 11.9. The summed E-state index contributed by atoms with van der Waals surface area (Å²) in [5.41, 5.74) is 7.35. The highest BCUT2D eigenvalue weighted by Crippen LogP contribution is 2.49. The molecule has 0 N–H and O–H groups in total. The first-order chi connectivity index (χ1) is 15.3. The van der Waals surface area contributed by atoms with E-state index in [2.05, 4.69) is 83.8 Å². The van der Waals surface area contributed by atoms with Crippen LogP contribution in [0.4, 0.5) is 0 Å². The maximum Gasteiger partial charge on any atom is 0.0901 e. The molecule has 2 heteroatoms. The maximum absolute atomic E-state index is 6.80. The van der Waals surface area contributed by atoms with Crippen LogP contribution in [0.3, 0.4) is 0 Å². The molecule has 3 atom stereocenters. The minimum atomic E-state index is 0.201. The average Bonchev–Trinajstić information content (AvgIpc) is 3.19. The van der Waals surface area contributed by atoms with E-state index >= 15 is 0 Å². The predicted octanol–water partition coefficient (Wildman–Crippen LogP) is 6.08. The Morgan fingerprint density at radius 2 is 1.39 bits per heavy atom. The van der Waals surface area contributed by atoms with Gasteiger partial charge in [0.05, 0.1) is 12.2 Å². The molecule has 2 saturated heterocycles. The molecule has 0 radical (unpaired) electrons. The summed E-state index contributed by atoms with van der Waals surface area (Å²) in [4.78, 5) is 2.65. The molecule has 158 valence electrons. The Balaban J connectivity index is 1.17. The van der Waals surface area contributed by atoms with Crippen molar-refractivity contribution in [1.29, 1.82) is 0 Å². The summed E-state index contributed by atoms with van der Waals surface area (Å²) in [6.07, 6.45) is 5.20. The Bertz CT molecular complexity index is 984. The molecule has 0 spiro atoms. The van der Waals surface area contributed by atoms with Crippen LogP contribution in [-0.2, 0) is 11.2 Å². The third-order valence-electron chi connectivity index (χ3n) is 7.74. The van der Waals surface area contributed by atoms with E-state index < -0.39 is 0 Å². The van der Waals surface area contributed by atoms with E-state index in [1.165, 1.54) is 53.7 Å². The third kappa shape index (κ3) is 3.73. The van der Waals surface area contributed by atoms with Gasteiger partial charge in [-0.1, -0.05) is 78.9 Å². The molecule has 0 bridgehead atoms. The minimum Gasteiger partial charge on any atom is -0.368 e. The van der Waals surface area contributed by atoms with Crippen molar-refractivity contribution in [3.05, 3.63) is 107 Å². The van der Waals surface area contributed by atoms with Gasteiger partial charge in [0.25, 0.3) is 0 Å². The summed E-state index contributed by atoms with van der Waals surface area (Å²) in [5, 5.41) is 0. The van der Waals surface area contributed by atoms with E-state index in [4.69, 9.17) is 4.74 Å². The SMILES string of the molecule is c1ccc(C2CCN(CC3C[C@@H]4c5ccccc5Cc5ccccc5[C@H]4O3)CC2)cc1. The van der Waals surface area contributed by atoms with Crippen molar-refractivity contribution < 1.29 is 4.74 Å². The summed E-state index contributed by atoms with van der Waals surface area (Å²) in [6, 6.07) is 29.0. The maximum atomic E-state index is 6.80. The Morgan fingerprint density at radius 3 is 2.16 bits per heavy atom. The second-order valence-electron chi connectivity index (χ2n) is 9.58. The molecule has 2 fully saturated rings. The molecule has 6 rings (SSSR count). The van der Waals surface area contributed by atoms with E-state index in [0.717, 1.165) is 19.4 Å². The molecule has 1 unspecified atom stereocenters. The van der Waals surface area contributed by atoms with Crippen LogP contribution in [0.25, 0.3) is 0 Å². The van der Waals surface area contributed by atoms with Crippen molar-refractivity contribution in [3.8, 4) is 0 Å². The highest BCUT2D eigenvalue weighted by molar-refractivity contribution is 5.45. The number of likely N-dealkylation sites (tertiary alicyclic amines) is 1. The van der Waals surface area contributed by atoms with Gasteiger partial charge in [-0.3, -0.25) is 0 Å². The van der Waals surface area contributed by atoms with Crippen LogP contribution in [0.15, 0.2) is 78.9 Å². The minimum absolute atomic E-state index is 0.201. The third-order valence-corrected chi connectivity index (χ3v) is 7.74. The van der Waals surface area contributed by atoms with E-state index in [-0.39, 0.29) is 6.10 Å². The monoisotopic (exact) mass is 409 g/mol. The lowest BCUT2D eigenvalue weighted by Crippen LogP contribution is -2.38. The number of piperidine rings is 1. The summed E-state index contributed by atoms with van der Waals surface area (Å²) in [6.45, 7) is 3.43. The number of nitrogens with zero attached hydrogens (tertiary/aromatic N) is 1. The second kappa shape index (κ2) is 8.26. The van der Waals surface area contributed by atoms with Gasteiger partial charge >= 0.3 is 0 Å². The van der Waals surface area contributed by atoms with Crippen LogP contribution in [0.2, 0.25) is 0 Å². The second-order valence-corrected chi connectivity index (χ2v) is 9.58. The summed E-state index contributed by atoms with van der Waals surface area (Å²) >= 11 is 0. The summed E-state index contributed by atoms with van der Waals surface area (Å²) in [7, 11) is 0. The van der Waals surface area contributed by atoms with Crippen LogP contribution in [0.5, 0.6) is 0 Å². The van der Waals surface area contributed by atoms with Crippen molar-refractivity contribution in [2.24, 2.45) is 0 Å². The number of rotatable bonds is 3. The number of benzene rings is 3. The topological polar surface area (TPSA) is 12.5 Å². The highest BCUT2D eigenvalue weighted by atomic mass is 16.5. The fourth-order valence-corrected chi connectivity index (χ4v) is 6.16. The zero-order valence-corrected chi connectivity index (χ0v) is 18.1. The van der Waals surface area contributed by atoms with Crippen molar-refractivity contribution in [3.63, 3.8) is 0 Å². The molecule has 1 aliphatic carbocycles. The first-order valence-electron chi connectivity index (χ1n) is 11.9. The molecule has 3 aromatic rings. The fourth-order valence-electron chi connectivity index (χ4n) is 6.16. The predicted molar refractivity (Wildman–Crippen MR) is 126 cm³/mol. The van der Waals surface area contributed by atoms with Crippen LogP contribution >= 0.6 is 0 Å². The average molecular weight is 410 g/mol. The van der Waals surface area contributed by atoms with Crippen molar-refractivity contribution in [2.45, 2.75) is 49.7 Å². The Hall–Kier alpha value is -2.42. The molecule has 2 nitrogen and oxygen atoms in total. The molecular formula is C29H31NO. The normalized spacial score (nSPS) is 26.0. The molecule has 3 aliphatic rings. The highest BCUT2D eigenvalue weighted by Gasteiger charge is 2.41. The fraction of sp³-hybridized carbons (Fsp3) is 0.379. The molecule has 3 aromatic carbocycles. The molecule has 0 aromatic heterocycles. The van der Waals surface area contributed by atoms with E-state index in [1.807, 2.05) is 0 Å². The van der Waals surface area contributed by atoms with Gasteiger partial charge < -0.3 is 9.64 Å². The van der Waals surface area contributed by atoms with Gasteiger partial charge in [0.2, 0.25) is 0 Å². The number of ether oxygens (including phenoxy) is 1. The Labute approximate surface area is 185 Å². The lowest BCUT2D eigenvalue weighted by molar-refractivity contribution is 0.0149. The number of fused-ring (bicyclic) bond motifs is 5. The lowest BCUT2D eigenvalue weighted by atomic mass is 9.87. The molecule has 0 amide bonds. The van der Waals surface area contributed by atoms with Crippen LogP contribution in [0.1, 0.15) is 65.0 Å². The smallest absolute Gasteiger partial charge is 0.0901 e. The zero-order chi connectivity index (χ0) is 20.6. The van der Waals surface area contributed by atoms with Crippen LogP contribution < -0.4 is 0 Å².